The molecule has 108 valence electrons. The molecule has 0 aromatic carbocycles. The molecule has 0 amide bonds. The van der Waals surface area contributed by atoms with Crippen molar-refractivity contribution in [1.29, 1.82) is 0 Å². The molecule has 0 fully saturated rings. The van der Waals surface area contributed by atoms with E-state index in [1.165, 1.54) is 0 Å². The number of alkyl halides is 7. The molecule has 0 aliphatic heterocycles. The first-order valence-electron chi connectivity index (χ1n) is 4.55. The van der Waals surface area contributed by atoms with E-state index in [9.17, 15) is 30.7 Å². The zero-order valence-corrected chi connectivity index (χ0v) is 9.19. The van der Waals surface area contributed by atoms with Crippen molar-refractivity contribution in [3.63, 3.8) is 0 Å². The van der Waals surface area contributed by atoms with Gasteiger partial charge in [0.25, 0.3) is 0 Å². The largest absolute Gasteiger partial charge is 0.574 e. The van der Waals surface area contributed by atoms with Crippen LogP contribution in [-0.4, -0.2) is 18.5 Å². The van der Waals surface area contributed by atoms with Crippen LogP contribution in [0.3, 0.4) is 0 Å². The van der Waals surface area contributed by atoms with Gasteiger partial charge in [-0.25, -0.2) is 9.37 Å². The summed E-state index contributed by atoms with van der Waals surface area (Å²) in [6.07, 6.45) is -10.1. The van der Waals surface area contributed by atoms with Crippen LogP contribution in [0.4, 0.5) is 30.7 Å². The summed E-state index contributed by atoms with van der Waals surface area (Å²) >= 11 is 0. The molecule has 3 nitrogen and oxygen atoms in total. The third kappa shape index (κ3) is 3.61. The van der Waals surface area contributed by atoms with Crippen LogP contribution in [0.15, 0.2) is 6.20 Å². The van der Waals surface area contributed by atoms with Crippen LogP contribution < -0.4 is 9.47 Å². The number of pyridine rings is 1. The van der Waals surface area contributed by atoms with Crippen LogP contribution >= 0.6 is 0 Å². The van der Waals surface area contributed by atoms with Gasteiger partial charge in [-0.15, -0.1) is 13.2 Å². The summed E-state index contributed by atoms with van der Waals surface area (Å²) in [4.78, 5) is 2.86. The lowest BCUT2D eigenvalue weighted by atomic mass is 10.1. The van der Waals surface area contributed by atoms with Crippen LogP contribution in [0, 0.1) is 0 Å². The molecule has 19 heavy (non-hydrogen) atoms. The minimum Gasteiger partial charge on any atom is -0.495 e. The lowest BCUT2D eigenvalue weighted by molar-refractivity contribution is -0.278. The zero-order chi connectivity index (χ0) is 14.8. The fraction of sp³-hybridized carbons (Fsp3) is 0.444. The highest BCUT2D eigenvalue weighted by molar-refractivity contribution is 5.45. The average molecular weight is 293 g/mol. The number of methoxy groups -OCH3 is 1. The Bertz CT molecular complexity index is 455. The van der Waals surface area contributed by atoms with E-state index in [4.69, 9.17) is 0 Å². The molecule has 0 saturated carbocycles. The van der Waals surface area contributed by atoms with Crippen molar-refractivity contribution in [2.24, 2.45) is 0 Å². The molecule has 10 heteroatoms. The van der Waals surface area contributed by atoms with Gasteiger partial charge in [0.2, 0.25) is 5.88 Å². The van der Waals surface area contributed by atoms with E-state index >= 15 is 0 Å². The van der Waals surface area contributed by atoms with Crippen LogP contribution in [-0.2, 0) is 12.9 Å². The Morgan fingerprint density at radius 2 is 1.74 bits per heavy atom. The van der Waals surface area contributed by atoms with E-state index < -0.39 is 42.0 Å². The lowest BCUT2D eigenvalue weighted by Crippen LogP contribution is -2.22. The molecule has 1 rings (SSSR count). The maximum atomic E-state index is 12.7. The molecule has 1 heterocycles. The minimum absolute atomic E-state index is 0.519. The topological polar surface area (TPSA) is 31.4 Å². The molecule has 0 aliphatic rings. The first kappa shape index (κ1) is 15.3. The van der Waals surface area contributed by atoms with Crippen LogP contribution in [0.2, 0.25) is 0 Å². The van der Waals surface area contributed by atoms with Crippen molar-refractivity contribution in [2.45, 2.75) is 19.2 Å². The molecular formula is C9H6F7NO2. The first-order valence-corrected chi connectivity index (χ1v) is 4.55. The van der Waals surface area contributed by atoms with Crippen LogP contribution in [0.5, 0.6) is 11.6 Å². The average Bonchev–Trinajstić information content (AvgIpc) is 2.24. The molecule has 0 saturated heterocycles. The van der Waals surface area contributed by atoms with Gasteiger partial charge in [-0.3, -0.25) is 0 Å². The van der Waals surface area contributed by atoms with Gasteiger partial charge in [-0.05, 0) is 0 Å². The van der Waals surface area contributed by atoms with Gasteiger partial charge in [0, 0.05) is 5.56 Å². The number of hydrogen-bond acceptors (Lipinski definition) is 3. The second-order valence-corrected chi connectivity index (χ2v) is 3.16. The van der Waals surface area contributed by atoms with E-state index in [1.807, 2.05) is 0 Å². The summed E-state index contributed by atoms with van der Waals surface area (Å²) in [6.45, 7) is -1.69. The second kappa shape index (κ2) is 5.10. The Hall–Kier alpha value is -1.74. The summed E-state index contributed by atoms with van der Waals surface area (Å²) in [5.41, 5.74) is -3.06. The lowest BCUT2D eigenvalue weighted by Gasteiger charge is -2.18. The third-order valence-electron chi connectivity index (χ3n) is 1.96. The Morgan fingerprint density at radius 3 is 2.11 bits per heavy atom. The predicted octanol–water partition coefficient (Wildman–Crippen LogP) is 3.48. The van der Waals surface area contributed by atoms with Crippen LogP contribution in [0.1, 0.15) is 11.1 Å². The summed E-state index contributed by atoms with van der Waals surface area (Å²) in [5, 5.41) is 0. The minimum atomic E-state index is -5.38. The molecule has 0 N–H and O–H groups in total. The summed E-state index contributed by atoms with van der Waals surface area (Å²) < 4.78 is 94.2. The Labute approximate surface area is 101 Å². The molecule has 0 bridgehead atoms. The van der Waals surface area contributed by atoms with Gasteiger partial charge < -0.3 is 9.47 Å². The normalized spacial score (nSPS) is 12.4. The van der Waals surface area contributed by atoms with E-state index in [1.54, 1.807) is 0 Å². The SMILES string of the molecule is COc1cnc(OC(F)(F)F)c(C(F)(F)F)c1CF. The Morgan fingerprint density at radius 1 is 1.16 bits per heavy atom. The van der Waals surface area contributed by atoms with E-state index in [-0.39, 0.29) is 0 Å². The number of nitrogens with zero attached hydrogens (tertiary/aromatic N) is 1. The molecule has 0 radical (unpaired) electrons. The van der Waals surface area contributed by atoms with E-state index in [0.717, 1.165) is 7.11 Å². The van der Waals surface area contributed by atoms with E-state index in [2.05, 4.69) is 14.5 Å². The smallest absolute Gasteiger partial charge is 0.495 e. The van der Waals surface area contributed by atoms with E-state index in [0.29, 0.717) is 6.20 Å². The number of aromatic nitrogens is 1. The van der Waals surface area contributed by atoms with Gasteiger partial charge in [-0.2, -0.15) is 13.2 Å². The van der Waals surface area contributed by atoms with Gasteiger partial charge in [0.05, 0.1) is 13.3 Å². The Kier molecular flexibility index (Phi) is 4.11. The van der Waals surface area contributed by atoms with Crippen molar-refractivity contribution in [2.75, 3.05) is 7.11 Å². The Balaban J connectivity index is 3.48. The van der Waals surface area contributed by atoms with Crippen molar-refractivity contribution < 1.29 is 40.2 Å². The monoisotopic (exact) mass is 293 g/mol. The summed E-state index contributed by atoms with van der Waals surface area (Å²) in [7, 11) is 0.931. The van der Waals surface area contributed by atoms with Crippen molar-refractivity contribution in [3.05, 3.63) is 17.3 Å². The van der Waals surface area contributed by atoms with Crippen LogP contribution in [0.25, 0.3) is 0 Å². The van der Waals surface area contributed by atoms with Crippen molar-refractivity contribution in [1.82, 2.24) is 4.98 Å². The number of ether oxygens (including phenoxy) is 2. The number of halogens is 7. The molecule has 0 atom stereocenters. The molecule has 0 unspecified atom stereocenters. The highest BCUT2D eigenvalue weighted by Gasteiger charge is 2.43. The first-order chi connectivity index (χ1) is 8.60. The second-order valence-electron chi connectivity index (χ2n) is 3.16. The maximum absolute atomic E-state index is 12.7. The highest BCUT2D eigenvalue weighted by Crippen LogP contribution is 2.42. The van der Waals surface area contributed by atoms with Crippen molar-refractivity contribution in [3.8, 4) is 11.6 Å². The highest BCUT2D eigenvalue weighted by atomic mass is 19.4. The molecule has 0 aliphatic carbocycles. The predicted molar refractivity (Wildman–Crippen MR) is 47.3 cm³/mol. The summed E-state index contributed by atoms with van der Waals surface area (Å²) in [6, 6.07) is 0. The van der Waals surface area contributed by atoms with Gasteiger partial charge >= 0.3 is 12.5 Å². The zero-order valence-electron chi connectivity index (χ0n) is 9.19. The maximum Gasteiger partial charge on any atom is 0.574 e. The van der Waals surface area contributed by atoms with Crippen molar-refractivity contribution >= 4 is 0 Å². The quantitative estimate of drug-likeness (QED) is 0.800. The summed E-state index contributed by atoms with van der Waals surface area (Å²) in [5.74, 6) is -2.39. The van der Waals surface area contributed by atoms with Gasteiger partial charge in [0.1, 0.15) is 18.0 Å². The molecule has 0 spiro atoms. The number of rotatable bonds is 3. The fourth-order valence-corrected chi connectivity index (χ4v) is 1.30. The molecular weight excluding hydrogens is 287 g/mol. The standard InChI is InChI=1S/C9H6F7NO2/c1-18-5-3-17-7(19-9(14,15)16)6(4(5)2-10)8(11,12)13/h3H,2H2,1H3. The molecule has 1 aromatic heterocycles. The fourth-order valence-electron chi connectivity index (χ4n) is 1.30. The van der Waals surface area contributed by atoms with Gasteiger partial charge in [0.15, 0.2) is 0 Å². The van der Waals surface area contributed by atoms with Gasteiger partial charge in [-0.1, -0.05) is 0 Å². The number of hydrogen-bond donors (Lipinski definition) is 0. The molecule has 1 aromatic rings. The third-order valence-corrected chi connectivity index (χ3v) is 1.96.